The molecule has 0 saturated carbocycles. The maximum absolute atomic E-state index is 9.82. The lowest BCUT2D eigenvalue weighted by molar-refractivity contribution is 0.116. The normalized spacial score (nSPS) is 25.8. The van der Waals surface area contributed by atoms with E-state index >= 15 is 0 Å². The van der Waals surface area contributed by atoms with Crippen LogP contribution in [0.5, 0.6) is 0 Å². The summed E-state index contributed by atoms with van der Waals surface area (Å²) < 4.78 is 0. The first kappa shape index (κ1) is 14.2. The second-order valence-corrected chi connectivity index (χ2v) is 5.83. The van der Waals surface area contributed by atoms with Crippen molar-refractivity contribution in [1.82, 2.24) is 0 Å². The molecule has 1 rings (SSSR count). The van der Waals surface area contributed by atoms with E-state index in [-0.39, 0.29) is 11.5 Å². The number of hydrogen-bond donors (Lipinski definition) is 1. The maximum atomic E-state index is 9.82. The second-order valence-electron chi connectivity index (χ2n) is 5.83. The molecule has 1 N–H and O–H groups in total. The van der Waals surface area contributed by atoms with Crippen LogP contribution >= 0.6 is 0 Å². The molecule has 0 saturated heterocycles. The number of hydrogen-bond acceptors (Lipinski definition) is 1. The van der Waals surface area contributed by atoms with Gasteiger partial charge < -0.3 is 5.11 Å². The van der Waals surface area contributed by atoms with E-state index in [1.165, 1.54) is 16.7 Å². The van der Waals surface area contributed by atoms with Crippen molar-refractivity contribution in [1.29, 1.82) is 0 Å². The van der Waals surface area contributed by atoms with E-state index in [9.17, 15) is 5.11 Å². The van der Waals surface area contributed by atoms with Crippen molar-refractivity contribution in [3.05, 3.63) is 34.9 Å². The van der Waals surface area contributed by atoms with Crippen molar-refractivity contribution in [2.45, 2.75) is 60.0 Å². The van der Waals surface area contributed by atoms with E-state index in [0.29, 0.717) is 0 Å². The lowest BCUT2D eigenvalue weighted by atomic mass is 9.71. The molecule has 0 bridgehead atoms. The minimum Gasteiger partial charge on any atom is -0.393 e. The molecule has 1 heteroatoms. The molecule has 1 atom stereocenters. The molecule has 17 heavy (non-hydrogen) atoms. The fourth-order valence-corrected chi connectivity index (χ4v) is 2.78. The number of aliphatic hydroxyl groups excluding tert-OH is 1. The van der Waals surface area contributed by atoms with Gasteiger partial charge in [-0.2, -0.15) is 0 Å². The van der Waals surface area contributed by atoms with Gasteiger partial charge in [-0.25, -0.2) is 0 Å². The van der Waals surface area contributed by atoms with Crippen LogP contribution in [0.1, 0.15) is 53.9 Å². The van der Waals surface area contributed by atoms with E-state index in [0.717, 1.165) is 19.3 Å². The van der Waals surface area contributed by atoms with E-state index in [1.807, 2.05) is 0 Å². The van der Waals surface area contributed by atoms with Gasteiger partial charge in [0, 0.05) is 0 Å². The molecule has 1 nitrogen and oxygen atoms in total. The smallest absolute Gasteiger partial charge is 0.0585 e. The van der Waals surface area contributed by atoms with Gasteiger partial charge in [0.15, 0.2) is 0 Å². The van der Waals surface area contributed by atoms with E-state index in [1.54, 1.807) is 0 Å². The molecular weight excluding hydrogens is 208 g/mol. The molecule has 0 aromatic rings. The summed E-state index contributed by atoms with van der Waals surface area (Å²) in [6.07, 6.45) is 9.26. The first-order valence-electron chi connectivity index (χ1n) is 6.60. The highest BCUT2D eigenvalue weighted by Gasteiger charge is 2.31. The molecule has 96 valence electrons. The topological polar surface area (TPSA) is 20.2 Å². The van der Waals surface area contributed by atoms with Crippen LogP contribution in [-0.2, 0) is 0 Å². The standard InChI is InChI=1S/C16H26O/c1-6-7-12(2)8-9-15-13(3)10-14(17)11-16(15,4)5/h7-9,14,17H,6,10-11H2,1-5H3/b9-8+,12-7+/t14-/m1/s1. The van der Waals surface area contributed by atoms with Crippen molar-refractivity contribution in [3.63, 3.8) is 0 Å². The zero-order chi connectivity index (χ0) is 13.1. The molecular formula is C16H26O. The molecule has 0 fully saturated rings. The fourth-order valence-electron chi connectivity index (χ4n) is 2.78. The summed E-state index contributed by atoms with van der Waals surface area (Å²) in [5.41, 5.74) is 4.13. The van der Waals surface area contributed by atoms with E-state index in [4.69, 9.17) is 0 Å². The third-order valence-corrected chi connectivity index (χ3v) is 3.52. The zero-order valence-corrected chi connectivity index (χ0v) is 11.9. The third-order valence-electron chi connectivity index (χ3n) is 3.52. The molecule has 0 heterocycles. The van der Waals surface area contributed by atoms with Crippen molar-refractivity contribution in [2.75, 3.05) is 0 Å². The van der Waals surface area contributed by atoms with Crippen LogP contribution in [0.2, 0.25) is 0 Å². The fraction of sp³-hybridized carbons (Fsp3) is 0.625. The van der Waals surface area contributed by atoms with Crippen LogP contribution < -0.4 is 0 Å². The molecule has 0 unspecified atom stereocenters. The average molecular weight is 234 g/mol. The van der Waals surface area contributed by atoms with Gasteiger partial charge in [0.25, 0.3) is 0 Å². The summed E-state index contributed by atoms with van der Waals surface area (Å²) in [4.78, 5) is 0. The SMILES string of the molecule is CC/C=C(C)/C=C/C1=C(C)C[C@@H](O)CC1(C)C. The quantitative estimate of drug-likeness (QED) is 0.718. The summed E-state index contributed by atoms with van der Waals surface area (Å²) >= 11 is 0. The Morgan fingerprint density at radius 3 is 2.65 bits per heavy atom. The lowest BCUT2D eigenvalue weighted by Crippen LogP contribution is -2.28. The Morgan fingerprint density at radius 1 is 1.47 bits per heavy atom. The molecule has 0 aromatic carbocycles. The van der Waals surface area contributed by atoms with Crippen LogP contribution in [-0.4, -0.2) is 11.2 Å². The molecule has 0 radical (unpaired) electrons. The Bertz CT molecular complexity index is 356. The maximum Gasteiger partial charge on any atom is 0.0585 e. The van der Waals surface area contributed by atoms with Gasteiger partial charge in [-0.3, -0.25) is 0 Å². The highest BCUT2D eigenvalue weighted by atomic mass is 16.3. The van der Waals surface area contributed by atoms with E-state index in [2.05, 4.69) is 52.8 Å². The molecule has 1 aliphatic rings. The van der Waals surface area contributed by atoms with Gasteiger partial charge in [0.05, 0.1) is 6.10 Å². The van der Waals surface area contributed by atoms with Crippen molar-refractivity contribution in [2.24, 2.45) is 5.41 Å². The van der Waals surface area contributed by atoms with Crippen LogP contribution in [0.3, 0.4) is 0 Å². The molecule has 0 spiro atoms. The summed E-state index contributed by atoms with van der Waals surface area (Å²) in [5.74, 6) is 0. The predicted octanol–water partition coefficient (Wildman–Crippen LogP) is 4.40. The Balaban J connectivity index is 2.95. The molecule has 0 aliphatic heterocycles. The van der Waals surface area contributed by atoms with Crippen molar-refractivity contribution < 1.29 is 5.11 Å². The summed E-state index contributed by atoms with van der Waals surface area (Å²) in [5, 5.41) is 9.82. The summed E-state index contributed by atoms with van der Waals surface area (Å²) in [7, 11) is 0. The highest BCUT2D eigenvalue weighted by molar-refractivity contribution is 5.36. The van der Waals surface area contributed by atoms with Gasteiger partial charge in [-0.05, 0) is 44.1 Å². The van der Waals surface area contributed by atoms with Crippen LogP contribution in [0.25, 0.3) is 0 Å². The molecule has 0 aromatic heterocycles. The second kappa shape index (κ2) is 5.68. The third kappa shape index (κ3) is 3.85. The van der Waals surface area contributed by atoms with Gasteiger partial charge >= 0.3 is 0 Å². The van der Waals surface area contributed by atoms with Gasteiger partial charge in [-0.1, -0.05) is 50.1 Å². The molecule has 1 aliphatic carbocycles. The minimum atomic E-state index is -0.172. The minimum absolute atomic E-state index is 0.0880. The number of rotatable bonds is 3. The van der Waals surface area contributed by atoms with Crippen molar-refractivity contribution in [3.8, 4) is 0 Å². The Kier molecular flexibility index (Phi) is 4.76. The summed E-state index contributed by atoms with van der Waals surface area (Å²) in [6, 6.07) is 0. The van der Waals surface area contributed by atoms with Crippen molar-refractivity contribution >= 4 is 0 Å². The van der Waals surface area contributed by atoms with Gasteiger partial charge in [-0.15, -0.1) is 0 Å². The van der Waals surface area contributed by atoms with Gasteiger partial charge in [0.2, 0.25) is 0 Å². The summed E-state index contributed by atoms with van der Waals surface area (Å²) in [6.45, 7) is 10.9. The van der Waals surface area contributed by atoms with E-state index < -0.39 is 0 Å². The average Bonchev–Trinajstić information content (AvgIpc) is 2.14. The largest absolute Gasteiger partial charge is 0.393 e. The van der Waals surface area contributed by atoms with Crippen LogP contribution in [0.15, 0.2) is 34.9 Å². The first-order valence-corrected chi connectivity index (χ1v) is 6.60. The lowest BCUT2D eigenvalue weighted by Gasteiger charge is -2.35. The highest BCUT2D eigenvalue weighted by Crippen LogP contribution is 2.40. The predicted molar refractivity (Wildman–Crippen MR) is 74.9 cm³/mol. The Labute approximate surface area is 106 Å². The Hall–Kier alpha value is -0.820. The number of allylic oxidation sites excluding steroid dienone is 5. The Morgan fingerprint density at radius 2 is 2.12 bits per heavy atom. The van der Waals surface area contributed by atoms with Gasteiger partial charge in [0.1, 0.15) is 0 Å². The number of aliphatic hydroxyl groups is 1. The monoisotopic (exact) mass is 234 g/mol. The molecule has 0 amide bonds. The van der Waals surface area contributed by atoms with Crippen LogP contribution in [0.4, 0.5) is 0 Å². The van der Waals surface area contributed by atoms with Crippen LogP contribution in [0, 0.1) is 5.41 Å². The first-order chi connectivity index (χ1) is 7.86. The zero-order valence-electron chi connectivity index (χ0n) is 11.9.